The van der Waals surface area contributed by atoms with Crippen molar-refractivity contribution in [2.24, 2.45) is 63.1 Å². The topological polar surface area (TPSA) is 0 Å². The van der Waals surface area contributed by atoms with Crippen LogP contribution in [0, 0.1) is 63.1 Å². The molecule has 0 amide bonds. The standard InChI is InChI=1S/C30H52/c1-8-20(2)21-13-17-28(5)24(21)15-19-30(7)26(28)12-11-25-22-10-9-16-27(3,4)23(22)14-18-29(25,30)6/h20-26H,8-19H2,1-7H3/t20-,21+,22?,23?,24+,25?,26?,28-,29+,30+/m0/s1. The first-order valence-electron chi connectivity index (χ1n) is 14.1. The molecule has 10 atom stereocenters. The van der Waals surface area contributed by atoms with Gasteiger partial charge in [0.15, 0.2) is 0 Å². The molecule has 30 heavy (non-hydrogen) atoms. The highest BCUT2D eigenvalue weighted by Crippen LogP contribution is 2.75. The highest BCUT2D eigenvalue weighted by molar-refractivity contribution is 5.16. The molecule has 0 heterocycles. The Kier molecular flexibility index (Phi) is 5.09. The van der Waals surface area contributed by atoms with Gasteiger partial charge < -0.3 is 0 Å². The van der Waals surface area contributed by atoms with Gasteiger partial charge in [0.05, 0.1) is 0 Å². The van der Waals surface area contributed by atoms with Gasteiger partial charge in [-0.25, -0.2) is 0 Å². The molecule has 5 fully saturated rings. The van der Waals surface area contributed by atoms with Crippen LogP contribution >= 0.6 is 0 Å². The van der Waals surface area contributed by atoms with Gasteiger partial charge in [-0.2, -0.15) is 0 Å². The number of fused-ring (bicyclic) bond motifs is 7. The Morgan fingerprint density at radius 1 is 0.700 bits per heavy atom. The lowest BCUT2D eigenvalue weighted by molar-refractivity contribution is -0.216. The van der Waals surface area contributed by atoms with Crippen LogP contribution in [-0.4, -0.2) is 0 Å². The van der Waals surface area contributed by atoms with Gasteiger partial charge >= 0.3 is 0 Å². The summed E-state index contributed by atoms with van der Waals surface area (Å²) in [7, 11) is 0. The number of rotatable bonds is 2. The van der Waals surface area contributed by atoms with Crippen LogP contribution in [0.25, 0.3) is 0 Å². The average molecular weight is 413 g/mol. The monoisotopic (exact) mass is 412 g/mol. The van der Waals surface area contributed by atoms with E-state index in [1.807, 2.05) is 0 Å². The molecular weight excluding hydrogens is 360 g/mol. The van der Waals surface area contributed by atoms with Crippen LogP contribution in [0.4, 0.5) is 0 Å². The van der Waals surface area contributed by atoms with E-state index in [0.717, 1.165) is 41.4 Å². The summed E-state index contributed by atoms with van der Waals surface area (Å²) < 4.78 is 0. The Hall–Kier alpha value is 0. The molecule has 0 saturated heterocycles. The lowest BCUT2D eigenvalue weighted by atomic mass is 9.34. The largest absolute Gasteiger partial charge is 0.0651 e. The van der Waals surface area contributed by atoms with E-state index in [0.29, 0.717) is 21.7 Å². The van der Waals surface area contributed by atoms with Crippen LogP contribution in [-0.2, 0) is 0 Å². The maximum absolute atomic E-state index is 2.82. The Balaban J connectivity index is 1.47. The third-order valence-electron chi connectivity index (χ3n) is 13.6. The Morgan fingerprint density at radius 3 is 2.13 bits per heavy atom. The van der Waals surface area contributed by atoms with Crippen LogP contribution < -0.4 is 0 Å². The molecule has 0 aromatic rings. The lowest BCUT2D eigenvalue weighted by Gasteiger charge is -2.70. The smallest absolute Gasteiger partial charge is 0.0235 e. The Labute approximate surface area is 188 Å². The summed E-state index contributed by atoms with van der Waals surface area (Å²) >= 11 is 0. The summed E-state index contributed by atoms with van der Waals surface area (Å²) in [5, 5.41) is 0. The summed E-state index contributed by atoms with van der Waals surface area (Å²) in [4.78, 5) is 0. The molecule has 0 radical (unpaired) electrons. The second-order valence-corrected chi connectivity index (χ2v) is 14.5. The average Bonchev–Trinajstić information content (AvgIpc) is 3.04. The molecule has 5 rings (SSSR count). The van der Waals surface area contributed by atoms with Crippen molar-refractivity contribution in [3.63, 3.8) is 0 Å². The van der Waals surface area contributed by atoms with Crippen molar-refractivity contribution < 1.29 is 0 Å². The third-order valence-corrected chi connectivity index (χ3v) is 13.6. The lowest BCUT2D eigenvalue weighted by Crippen LogP contribution is -2.63. The van der Waals surface area contributed by atoms with E-state index in [1.165, 1.54) is 44.9 Å². The molecule has 0 spiro atoms. The Morgan fingerprint density at radius 2 is 1.40 bits per heavy atom. The van der Waals surface area contributed by atoms with E-state index >= 15 is 0 Å². The zero-order valence-corrected chi connectivity index (χ0v) is 21.5. The minimum Gasteiger partial charge on any atom is -0.0651 e. The first kappa shape index (κ1) is 21.8. The quantitative estimate of drug-likeness (QED) is 0.424. The molecule has 0 nitrogen and oxygen atoms in total. The highest BCUT2D eigenvalue weighted by atomic mass is 14.7. The SMILES string of the molecule is CC[C@H](C)[C@H]1CC[C@]2(C)C3CCC4C5CCCC(C)(C)C5CC[C@@]4(C)[C@]3(C)CC[C@H]12. The third kappa shape index (κ3) is 2.70. The normalized spacial score (nSPS) is 55.7. The summed E-state index contributed by atoms with van der Waals surface area (Å²) in [5.41, 5.74) is 2.43. The molecule has 4 unspecified atom stereocenters. The Bertz CT molecular complexity index is 661. The van der Waals surface area contributed by atoms with Crippen molar-refractivity contribution in [2.75, 3.05) is 0 Å². The minimum absolute atomic E-state index is 0.595. The van der Waals surface area contributed by atoms with E-state index in [-0.39, 0.29) is 0 Å². The summed E-state index contributed by atoms with van der Waals surface area (Å²) in [5.74, 6) is 7.04. The fourth-order valence-corrected chi connectivity index (χ4v) is 11.5. The molecule has 0 N–H and O–H groups in total. The van der Waals surface area contributed by atoms with Crippen molar-refractivity contribution in [3.8, 4) is 0 Å². The molecular formula is C30H52. The van der Waals surface area contributed by atoms with Crippen molar-refractivity contribution in [1.82, 2.24) is 0 Å². The second kappa shape index (κ2) is 7.00. The van der Waals surface area contributed by atoms with Crippen molar-refractivity contribution in [2.45, 2.75) is 126 Å². The van der Waals surface area contributed by atoms with Gasteiger partial charge in [-0.1, -0.05) is 61.3 Å². The van der Waals surface area contributed by atoms with E-state index in [1.54, 1.807) is 32.1 Å². The van der Waals surface area contributed by atoms with Gasteiger partial charge in [0.2, 0.25) is 0 Å². The number of hydrogen-bond donors (Lipinski definition) is 0. The molecule has 0 aromatic heterocycles. The van der Waals surface area contributed by atoms with E-state index in [4.69, 9.17) is 0 Å². The zero-order valence-electron chi connectivity index (χ0n) is 21.5. The first-order chi connectivity index (χ1) is 14.1. The second-order valence-electron chi connectivity index (χ2n) is 14.5. The van der Waals surface area contributed by atoms with Crippen molar-refractivity contribution in [3.05, 3.63) is 0 Å². The summed E-state index contributed by atoms with van der Waals surface area (Å²) in [6.45, 7) is 18.6. The van der Waals surface area contributed by atoms with Crippen LogP contribution in [0.2, 0.25) is 0 Å². The fraction of sp³-hybridized carbons (Fsp3) is 1.00. The van der Waals surface area contributed by atoms with E-state index < -0.39 is 0 Å². The van der Waals surface area contributed by atoms with Crippen molar-refractivity contribution in [1.29, 1.82) is 0 Å². The van der Waals surface area contributed by atoms with E-state index in [9.17, 15) is 0 Å². The van der Waals surface area contributed by atoms with Gasteiger partial charge in [0.1, 0.15) is 0 Å². The predicted molar refractivity (Wildman–Crippen MR) is 129 cm³/mol. The minimum atomic E-state index is 0.595. The van der Waals surface area contributed by atoms with Crippen LogP contribution in [0.3, 0.4) is 0 Å². The molecule has 0 bridgehead atoms. The molecule has 5 aliphatic rings. The molecule has 172 valence electrons. The van der Waals surface area contributed by atoms with E-state index in [2.05, 4.69) is 48.5 Å². The van der Waals surface area contributed by atoms with Crippen molar-refractivity contribution >= 4 is 0 Å². The van der Waals surface area contributed by atoms with Crippen LogP contribution in [0.5, 0.6) is 0 Å². The van der Waals surface area contributed by atoms with Gasteiger partial charge in [0, 0.05) is 0 Å². The molecule has 0 aliphatic heterocycles. The first-order valence-corrected chi connectivity index (χ1v) is 14.1. The van der Waals surface area contributed by atoms with Gasteiger partial charge in [-0.05, 0) is 127 Å². The fourth-order valence-electron chi connectivity index (χ4n) is 11.5. The molecule has 0 heteroatoms. The van der Waals surface area contributed by atoms with Gasteiger partial charge in [-0.15, -0.1) is 0 Å². The highest BCUT2D eigenvalue weighted by Gasteiger charge is 2.68. The molecule has 5 aliphatic carbocycles. The van der Waals surface area contributed by atoms with Gasteiger partial charge in [0.25, 0.3) is 0 Å². The maximum Gasteiger partial charge on any atom is -0.0235 e. The predicted octanol–water partition coefficient (Wildman–Crippen LogP) is 9.13. The van der Waals surface area contributed by atoms with Crippen LogP contribution in [0.1, 0.15) is 126 Å². The van der Waals surface area contributed by atoms with Gasteiger partial charge in [-0.3, -0.25) is 0 Å². The summed E-state index contributed by atoms with van der Waals surface area (Å²) in [6.07, 6.45) is 18.2. The molecule has 5 saturated carbocycles. The molecule has 0 aromatic carbocycles. The zero-order chi connectivity index (χ0) is 21.5. The maximum atomic E-state index is 2.82. The number of hydrogen-bond acceptors (Lipinski definition) is 0. The summed E-state index contributed by atoms with van der Waals surface area (Å²) in [6, 6.07) is 0. The van der Waals surface area contributed by atoms with Crippen LogP contribution in [0.15, 0.2) is 0 Å².